The summed E-state index contributed by atoms with van der Waals surface area (Å²) in [7, 11) is 0. The number of likely N-dealkylation sites (N-methyl/N-ethyl adjacent to an activating group) is 1. The van der Waals surface area contributed by atoms with Crippen molar-refractivity contribution in [3.8, 4) is 0 Å². The van der Waals surface area contributed by atoms with Crippen LogP contribution >= 0.6 is 0 Å². The Balaban J connectivity index is 2.43. The van der Waals surface area contributed by atoms with E-state index in [-0.39, 0.29) is 0 Å². The highest BCUT2D eigenvalue weighted by Gasteiger charge is 2.11. The van der Waals surface area contributed by atoms with Gasteiger partial charge >= 0.3 is 0 Å². The molecular weight excluding hydrogens is 210 g/mol. The van der Waals surface area contributed by atoms with Gasteiger partial charge in [-0.2, -0.15) is 0 Å². The van der Waals surface area contributed by atoms with Crippen molar-refractivity contribution in [3.05, 3.63) is 30.1 Å². The Labute approximate surface area is 105 Å². The van der Waals surface area contributed by atoms with Gasteiger partial charge in [0.2, 0.25) is 0 Å². The SMILES string of the molecule is CCN(CC)CC(C)NC(C)c1ccncc1. The maximum Gasteiger partial charge on any atom is 0.0295 e. The van der Waals surface area contributed by atoms with Crippen LogP contribution in [0.2, 0.25) is 0 Å². The minimum Gasteiger partial charge on any atom is -0.306 e. The van der Waals surface area contributed by atoms with Gasteiger partial charge in [0.1, 0.15) is 0 Å². The first-order valence-corrected chi connectivity index (χ1v) is 6.55. The number of nitrogens with one attached hydrogen (secondary N) is 1. The lowest BCUT2D eigenvalue weighted by Crippen LogP contribution is -2.40. The molecule has 1 aromatic rings. The zero-order valence-corrected chi connectivity index (χ0v) is 11.5. The first-order chi connectivity index (χ1) is 8.17. The monoisotopic (exact) mass is 235 g/mol. The molecule has 0 aliphatic carbocycles. The van der Waals surface area contributed by atoms with E-state index in [0.717, 1.165) is 19.6 Å². The van der Waals surface area contributed by atoms with Gasteiger partial charge in [0.25, 0.3) is 0 Å². The number of aromatic nitrogens is 1. The van der Waals surface area contributed by atoms with Crippen molar-refractivity contribution in [2.45, 2.75) is 39.8 Å². The van der Waals surface area contributed by atoms with Gasteiger partial charge in [-0.05, 0) is 44.6 Å². The quantitative estimate of drug-likeness (QED) is 0.787. The highest BCUT2D eigenvalue weighted by molar-refractivity contribution is 5.14. The molecule has 0 saturated carbocycles. The van der Waals surface area contributed by atoms with Gasteiger partial charge in [0, 0.05) is 31.0 Å². The Hall–Kier alpha value is -0.930. The molecule has 1 heterocycles. The summed E-state index contributed by atoms with van der Waals surface area (Å²) in [5, 5.41) is 3.63. The van der Waals surface area contributed by atoms with Gasteiger partial charge in [-0.25, -0.2) is 0 Å². The molecule has 17 heavy (non-hydrogen) atoms. The Morgan fingerprint density at radius 2 is 1.76 bits per heavy atom. The standard InChI is InChI=1S/C14H25N3/c1-5-17(6-2)11-12(3)16-13(4)14-7-9-15-10-8-14/h7-10,12-13,16H,5-6,11H2,1-4H3. The van der Waals surface area contributed by atoms with Crippen molar-refractivity contribution < 1.29 is 0 Å². The molecule has 0 bridgehead atoms. The number of hydrogen-bond donors (Lipinski definition) is 1. The second-order valence-electron chi connectivity index (χ2n) is 4.56. The molecule has 0 saturated heterocycles. The van der Waals surface area contributed by atoms with Crippen LogP contribution in [0.4, 0.5) is 0 Å². The topological polar surface area (TPSA) is 28.2 Å². The maximum absolute atomic E-state index is 4.05. The second kappa shape index (κ2) is 7.41. The molecule has 96 valence electrons. The largest absolute Gasteiger partial charge is 0.306 e. The third-order valence-corrected chi connectivity index (χ3v) is 3.17. The van der Waals surface area contributed by atoms with E-state index in [1.165, 1.54) is 5.56 Å². The van der Waals surface area contributed by atoms with Gasteiger partial charge in [0.15, 0.2) is 0 Å². The summed E-state index contributed by atoms with van der Waals surface area (Å²) in [6.07, 6.45) is 3.70. The third kappa shape index (κ3) is 4.84. The molecule has 2 unspecified atom stereocenters. The van der Waals surface area contributed by atoms with E-state index in [9.17, 15) is 0 Å². The highest BCUT2D eigenvalue weighted by atomic mass is 15.1. The molecule has 1 N–H and O–H groups in total. The van der Waals surface area contributed by atoms with Crippen LogP contribution in [0.25, 0.3) is 0 Å². The van der Waals surface area contributed by atoms with Crippen molar-refractivity contribution in [1.29, 1.82) is 0 Å². The van der Waals surface area contributed by atoms with E-state index in [4.69, 9.17) is 0 Å². The second-order valence-corrected chi connectivity index (χ2v) is 4.56. The summed E-state index contributed by atoms with van der Waals surface area (Å²) in [6, 6.07) is 5.02. The molecule has 2 atom stereocenters. The fraction of sp³-hybridized carbons (Fsp3) is 0.643. The molecule has 0 spiro atoms. The predicted octanol–water partition coefficient (Wildman–Crippen LogP) is 2.46. The van der Waals surface area contributed by atoms with E-state index >= 15 is 0 Å². The van der Waals surface area contributed by atoms with E-state index in [1.807, 2.05) is 12.4 Å². The summed E-state index contributed by atoms with van der Waals surface area (Å²) in [5.41, 5.74) is 1.30. The number of rotatable bonds is 7. The summed E-state index contributed by atoms with van der Waals surface area (Å²) < 4.78 is 0. The summed E-state index contributed by atoms with van der Waals surface area (Å²) in [5.74, 6) is 0. The van der Waals surface area contributed by atoms with Gasteiger partial charge in [-0.15, -0.1) is 0 Å². The molecule has 1 aromatic heterocycles. The number of pyridine rings is 1. The molecular formula is C14H25N3. The molecule has 0 aliphatic rings. The van der Waals surface area contributed by atoms with E-state index < -0.39 is 0 Å². The van der Waals surface area contributed by atoms with Crippen LogP contribution in [0.5, 0.6) is 0 Å². The average molecular weight is 235 g/mol. The molecule has 3 nitrogen and oxygen atoms in total. The van der Waals surface area contributed by atoms with Crippen LogP contribution in [0, 0.1) is 0 Å². The fourth-order valence-corrected chi connectivity index (χ4v) is 2.10. The van der Waals surface area contributed by atoms with Crippen molar-refractivity contribution in [1.82, 2.24) is 15.2 Å². The molecule has 0 aliphatic heterocycles. The number of hydrogen-bond acceptors (Lipinski definition) is 3. The molecule has 1 rings (SSSR count). The lowest BCUT2D eigenvalue weighted by atomic mass is 10.1. The third-order valence-electron chi connectivity index (χ3n) is 3.17. The van der Waals surface area contributed by atoms with Crippen LogP contribution < -0.4 is 5.32 Å². The van der Waals surface area contributed by atoms with Crippen molar-refractivity contribution in [2.75, 3.05) is 19.6 Å². The van der Waals surface area contributed by atoms with Gasteiger partial charge < -0.3 is 10.2 Å². The smallest absolute Gasteiger partial charge is 0.0295 e. The Morgan fingerprint density at radius 1 is 1.18 bits per heavy atom. The fourth-order valence-electron chi connectivity index (χ4n) is 2.10. The zero-order valence-electron chi connectivity index (χ0n) is 11.5. The van der Waals surface area contributed by atoms with Crippen molar-refractivity contribution >= 4 is 0 Å². The molecule has 0 aromatic carbocycles. The molecule has 3 heteroatoms. The predicted molar refractivity (Wildman–Crippen MR) is 73.0 cm³/mol. The van der Waals surface area contributed by atoms with E-state index in [0.29, 0.717) is 12.1 Å². The minimum absolute atomic E-state index is 0.378. The van der Waals surface area contributed by atoms with Gasteiger partial charge in [-0.1, -0.05) is 13.8 Å². The van der Waals surface area contributed by atoms with Crippen LogP contribution in [0.15, 0.2) is 24.5 Å². The Morgan fingerprint density at radius 3 is 2.29 bits per heavy atom. The number of nitrogens with zero attached hydrogens (tertiary/aromatic N) is 2. The molecule has 0 amide bonds. The van der Waals surface area contributed by atoms with Crippen LogP contribution in [0.3, 0.4) is 0 Å². The lowest BCUT2D eigenvalue weighted by molar-refractivity contribution is 0.264. The van der Waals surface area contributed by atoms with Crippen LogP contribution in [0.1, 0.15) is 39.3 Å². The van der Waals surface area contributed by atoms with E-state index in [2.05, 4.69) is 55.0 Å². The maximum atomic E-state index is 4.05. The first-order valence-electron chi connectivity index (χ1n) is 6.55. The summed E-state index contributed by atoms with van der Waals surface area (Å²) in [4.78, 5) is 6.49. The highest BCUT2D eigenvalue weighted by Crippen LogP contribution is 2.11. The van der Waals surface area contributed by atoms with Crippen molar-refractivity contribution in [3.63, 3.8) is 0 Å². The Bertz CT molecular complexity index is 296. The van der Waals surface area contributed by atoms with Crippen molar-refractivity contribution in [2.24, 2.45) is 0 Å². The van der Waals surface area contributed by atoms with Crippen LogP contribution in [-0.4, -0.2) is 35.6 Å². The van der Waals surface area contributed by atoms with Crippen LogP contribution in [-0.2, 0) is 0 Å². The molecule has 0 radical (unpaired) electrons. The van der Waals surface area contributed by atoms with E-state index in [1.54, 1.807) is 0 Å². The summed E-state index contributed by atoms with van der Waals surface area (Å²) in [6.45, 7) is 12.2. The minimum atomic E-state index is 0.378. The van der Waals surface area contributed by atoms with Gasteiger partial charge in [-0.3, -0.25) is 4.98 Å². The normalized spacial score (nSPS) is 14.9. The Kier molecular flexibility index (Phi) is 6.16. The van der Waals surface area contributed by atoms with Gasteiger partial charge in [0.05, 0.1) is 0 Å². The molecule has 0 fully saturated rings. The average Bonchev–Trinajstić information content (AvgIpc) is 2.37. The summed E-state index contributed by atoms with van der Waals surface area (Å²) >= 11 is 0. The first kappa shape index (κ1) is 14.1. The lowest BCUT2D eigenvalue weighted by Gasteiger charge is -2.26. The zero-order chi connectivity index (χ0) is 12.7.